The van der Waals surface area contributed by atoms with Crippen molar-refractivity contribution >= 4 is 22.4 Å². The van der Waals surface area contributed by atoms with Crippen molar-refractivity contribution in [3.8, 4) is 0 Å². The van der Waals surface area contributed by atoms with Crippen LogP contribution in [-0.4, -0.2) is 18.5 Å². The van der Waals surface area contributed by atoms with Crippen molar-refractivity contribution in [2.24, 2.45) is 11.7 Å². The maximum atomic E-state index is 12.6. The quantitative estimate of drug-likeness (QED) is 0.927. The molecule has 2 N–H and O–H groups in total. The number of carbonyl (C=O) groups is 1. The lowest BCUT2D eigenvalue weighted by atomic mass is 10.0. The Morgan fingerprint density at radius 2 is 1.80 bits per heavy atom. The van der Waals surface area contributed by atoms with E-state index in [1.165, 1.54) is 0 Å². The predicted molar refractivity (Wildman–Crippen MR) is 84.8 cm³/mol. The summed E-state index contributed by atoms with van der Waals surface area (Å²) in [5.74, 6) is -0.104. The summed E-state index contributed by atoms with van der Waals surface area (Å²) in [7, 11) is 0. The maximum absolute atomic E-state index is 12.6. The van der Waals surface area contributed by atoms with E-state index in [4.69, 9.17) is 5.73 Å². The monoisotopic (exact) mass is 270 g/mol. The van der Waals surface area contributed by atoms with E-state index < -0.39 is 0 Å². The number of anilines is 1. The largest absolute Gasteiger partial charge is 0.327 e. The second-order valence-corrected chi connectivity index (χ2v) is 5.23. The van der Waals surface area contributed by atoms with Gasteiger partial charge in [-0.05, 0) is 25.3 Å². The molecule has 1 amide bonds. The minimum absolute atomic E-state index is 0.0823. The van der Waals surface area contributed by atoms with Crippen molar-refractivity contribution in [3.05, 3.63) is 42.5 Å². The molecule has 3 heteroatoms. The molecule has 0 aliphatic carbocycles. The topological polar surface area (TPSA) is 46.3 Å². The van der Waals surface area contributed by atoms with E-state index in [1.807, 2.05) is 49.9 Å². The van der Waals surface area contributed by atoms with Gasteiger partial charge in [-0.25, -0.2) is 0 Å². The molecule has 2 unspecified atom stereocenters. The number of nitrogens with two attached hydrogens (primary N) is 1. The number of nitrogens with zero attached hydrogens (tertiary/aromatic N) is 1. The van der Waals surface area contributed by atoms with Crippen molar-refractivity contribution in [1.29, 1.82) is 0 Å². The number of rotatable bonds is 4. The van der Waals surface area contributed by atoms with E-state index in [1.54, 1.807) is 0 Å². The lowest BCUT2D eigenvalue weighted by molar-refractivity contribution is -0.122. The first-order chi connectivity index (χ1) is 9.56. The predicted octanol–water partition coefficient (Wildman–Crippen LogP) is 3.18. The summed E-state index contributed by atoms with van der Waals surface area (Å²) in [6, 6.07) is 14.0. The van der Waals surface area contributed by atoms with Crippen LogP contribution in [0.5, 0.6) is 0 Å². The Labute approximate surface area is 120 Å². The summed E-state index contributed by atoms with van der Waals surface area (Å²) >= 11 is 0. The van der Waals surface area contributed by atoms with E-state index in [0.29, 0.717) is 6.54 Å². The summed E-state index contributed by atoms with van der Waals surface area (Å²) in [5, 5.41) is 2.24. The van der Waals surface area contributed by atoms with Crippen LogP contribution < -0.4 is 10.6 Å². The second kappa shape index (κ2) is 6.06. The van der Waals surface area contributed by atoms with Gasteiger partial charge in [0, 0.05) is 18.0 Å². The third-order valence-electron chi connectivity index (χ3n) is 3.82. The highest BCUT2D eigenvalue weighted by molar-refractivity contribution is 6.04. The molecule has 2 rings (SSSR count). The Balaban J connectivity index is 2.47. The van der Waals surface area contributed by atoms with Gasteiger partial charge >= 0.3 is 0 Å². The Kier molecular flexibility index (Phi) is 4.40. The molecule has 2 aromatic rings. The van der Waals surface area contributed by atoms with Gasteiger partial charge in [-0.3, -0.25) is 4.79 Å². The summed E-state index contributed by atoms with van der Waals surface area (Å²) < 4.78 is 0. The molecular formula is C17H22N2O. The van der Waals surface area contributed by atoms with Crippen molar-refractivity contribution in [3.63, 3.8) is 0 Å². The molecule has 0 heterocycles. The second-order valence-electron chi connectivity index (χ2n) is 5.23. The van der Waals surface area contributed by atoms with Crippen LogP contribution in [0.2, 0.25) is 0 Å². The van der Waals surface area contributed by atoms with Crippen LogP contribution in [0.1, 0.15) is 20.8 Å². The average molecular weight is 270 g/mol. The molecular weight excluding hydrogens is 248 g/mol. The van der Waals surface area contributed by atoms with Gasteiger partial charge in [0.25, 0.3) is 0 Å². The molecule has 0 saturated carbocycles. The zero-order valence-electron chi connectivity index (χ0n) is 12.3. The fourth-order valence-corrected chi connectivity index (χ4v) is 2.36. The van der Waals surface area contributed by atoms with Gasteiger partial charge in [0.1, 0.15) is 0 Å². The van der Waals surface area contributed by atoms with Crippen LogP contribution >= 0.6 is 0 Å². The highest BCUT2D eigenvalue weighted by atomic mass is 16.2. The zero-order chi connectivity index (χ0) is 14.7. The molecule has 2 atom stereocenters. The highest BCUT2D eigenvalue weighted by Crippen LogP contribution is 2.27. The Morgan fingerprint density at radius 1 is 1.15 bits per heavy atom. The molecule has 3 nitrogen and oxygen atoms in total. The molecule has 106 valence electrons. The number of hydrogen-bond donors (Lipinski definition) is 1. The van der Waals surface area contributed by atoms with E-state index in [0.717, 1.165) is 16.5 Å². The summed E-state index contributed by atoms with van der Waals surface area (Å²) in [4.78, 5) is 14.4. The number of hydrogen-bond acceptors (Lipinski definition) is 2. The number of benzene rings is 2. The molecule has 0 aliphatic rings. The summed E-state index contributed by atoms with van der Waals surface area (Å²) in [5.41, 5.74) is 6.83. The van der Waals surface area contributed by atoms with Gasteiger partial charge in [0.05, 0.1) is 11.6 Å². The SMILES string of the molecule is CCN(C(=O)C(C)C(C)N)c1cccc2ccccc12. The lowest BCUT2D eigenvalue weighted by Gasteiger charge is -2.27. The van der Waals surface area contributed by atoms with Crippen LogP contribution in [0.25, 0.3) is 10.8 Å². The van der Waals surface area contributed by atoms with Crippen LogP contribution in [0.3, 0.4) is 0 Å². The first-order valence-corrected chi connectivity index (χ1v) is 7.11. The first-order valence-electron chi connectivity index (χ1n) is 7.11. The zero-order valence-corrected chi connectivity index (χ0v) is 12.3. The summed E-state index contributed by atoms with van der Waals surface area (Å²) in [6.07, 6.45) is 0. The molecule has 0 saturated heterocycles. The van der Waals surface area contributed by atoms with Gasteiger partial charge in [0.2, 0.25) is 5.91 Å². The molecule has 0 spiro atoms. The fourth-order valence-electron chi connectivity index (χ4n) is 2.36. The lowest BCUT2D eigenvalue weighted by Crippen LogP contribution is -2.41. The van der Waals surface area contributed by atoms with Crippen LogP contribution in [0, 0.1) is 5.92 Å². The number of fused-ring (bicyclic) bond motifs is 1. The Morgan fingerprint density at radius 3 is 2.45 bits per heavy atom. The highest BCUT2D eigenvalue weighted by Gasteiger charge is 2.24. The van der Waals surface area contributed by atoms with Gasteiger partial charge in [-0.1, -0.05) is 43.3 Å². The van der Waals surface area contributed by atoms with Crippen LogP contribution in [0.4, 0.5) is 5.69 Å². The molecule has 0 fully saturated rings. The number of amides is 1. The minimum Gasteiger partial charge on any atom is -0.327 e. The van der Waals surface area contributed by atoms with E-state index >= 15 is 0 Å². The molecule has 20 heavy (non-hydrogen) atoms. The fraction of sp³-hybridized carbons (Fsp3) is 0.353. The molecule has 0 bridgehead atoms. The van der Waals surface area contributed by atoms with Gasteiger partial charge in [-0.2, -0.15) is 0 Å². The third kappa shape index (κ3) is 2.68. The maximum Gasteiger partial charge on any atom is 0.231 e. The average Bonchev–Trinajstić information content (AvgIpc) is 2.47. The molecule has 0 aliphatic heterocycles. The Bertz CT molecular complexity index is 601. The molecule has 0 radical (unpaired) electrons. The third-order valence-corrected chi connectivity index (χ3v) is 3.82. The van der Waals surface area contributed by atoms with Gasteiger partial charge in [0.15, 0.2) is 0 Å². The summed E-state index contributed by atoms with van der Waals surface area (Å²) in [6.45, 7) is 6.40. The van der Waals surface area contributed by atoms with E-state index in [-0.39, 0.29) is 17.9 Å². The number of carbonyl (C=O) groups excluding carboxylic acids is 1. The Hall–Kier alpha value is -1.87. The van der Waals surface area contributed by atoms with Gasteiger partial charge < -0.3 is 10.6 Å². The van der Waals surface area contributed by atoms with Crippen molar-refractivity contribution < 1.29 is 4.79 Å². The van der Waals surface area contributed by atoms with E-state index in [2.05, 4.69) is 18.2 Å². The molecule has 2 aromatic carbocycles. The minimum atomic E-state index is -0.186. The van der Waals surface area contributed by atoms with Crippen LogP contribution in [0.15, 0.2) is 42.5 Å². The first kappa shape index (κ1) is 14.5. The normalized spacial score (nSPS) is 14.0. The van der Waals surface area contributed by atoms with E-state index in [9.17, 15) is 4.79 Å². The van der Waals surface area contributed by atoms with Crippen LogP contribution in [-0.2, 0) is 4.79 Å². The van der Waals surface area contributed by atoms with Crippen molar-refractivity contribution in [1.82, 2.24) is 0 Å². The van der Waals surface area contributed by atoms with Crippen molar-refractivity contribution in [2.45, 2.75) is 26.8 Å². The standard InChI is InChI=1S/C17H22N2O/c1-4-19(17(20)12(2)13(3)18)16-11-7-9-14-8-5-6-10-15(14)16/h5-13H,4,18H2,1-3H3. The molecule has 0 aromatic heterocycles. The van der Waals surface area contributed by atoms with Gasteiger partial charge in [-0.15, -0.1) is 0 Å². The smallest absolute Gasteiger partial charge is 0.231 e. The van der Waals surface area contributed by atoms with Crippen molar-refractivity contribution in [2.75, 3.05) is 11.4 Å².